The molecule has 0 aliphatic rings. The van der Waals surface area contributed by atoms with Crippen LogP contribution in [0, 0.1) is 0 Å². The van der Waals surface area contributed by atoms with Gasteiger partial charge in [-0.25, -0.2) is 0 Å². The maximum absolute atomic E-state index is 12.0. The summed E-state index contributed by atoms with van der Waals surface area (Å²) in [6.45, 7) is 2.00. The fourth-order valence-corrected chi connectivity index (χ4v) is 2.76. The third-order valence-electron chi connectivity index (χ3n) is 2.92. The third kappa shape index (κ3) is 3.91. The summed E-state index contributed by atoms with van der Waals surface area (Å²) in [5.41, 5.74) is 6.79. The molecule has 1 heterocycles. The maximum Gasteiger partial charge on any atom is 0.241 e. The predicted molar refractivity (Wildman–Crippen MR) is 79.0 cm³/mol. The van der Waals surface area contributed by atoms with Gasteiger partial charge in [-0.15, -0.1) is 11.3 Å². The Morgan fingerprint density at radius 2 is 2.00 bits per heavy atom. The van der Waals surface area contributed by atoms with Crippen molar-refractivity contribution in [3.8, 4) is 0 Å². The van der Waals surface area contributed by atoms with Crippen LogP contribution in [0.3, 0.4) is 0 Å². The topological polar surface area (TPSA) is 55.1 Å². The average Bonchev–Trinajstić information content (AvgIpc) is 2.91. The molecule has 100 valence electrons. The summed E-state index contributed by atoms with van der Waals surface area (Å²) in [6.07, 6.45) is 0.838. The fourth-order valence-electron chi connectivity index (χ4n) is 1.93. The van der Waals surface area contributed by atoms with E-state index in [-0.39, 0.29) is 11.9 Å². The summed E-state index contributed by atoms with van der Waals surface area (Å²) in [7, 11) is 0. The first kappa shape index (κ1) is 13.8. The van der Waals surface area contributed by atoms with Gasteiger partial charge in [0, 0.05) is 17.3 Å². The zero-order chi connectivity index (χ0) is 13.7. The van der Waals surface area contributed by atoms with Crippen LogP contribution in [-0.2, 0) is 11.2 Å². The van der Waals surface area contributed by atoms with Gasteiger partial charge >= 0.3 is 0 Å². The lowest BCUT2D eigenvalue weighted by Crippen LogP contribution is -2.40. The first-order valence-electron chi connectivity index (χ1n) is 6.30. The van der Waals surface area contributed by atoms with Gasteiger partial charge in [0.1, 0.15) is 6.04 Å². The predicted octanol–water partition coefficient (Wildman–Crippen LogP) is 2.50. The Hall–Kier alpha value is -1.65. The van der Waals surface area contributed by atoms with Gasteiger partial charge in [0.2, 0.25) is 5.91 Å². The molecule has 3 N–H and O–H groups in total. The molecule has 0 fully saturated rings. The molecule has 0 radical (unpaired) electrons. The molecule has 0 spiro atoms. The van der Waals surface area contributed by atoms with Crippen molar-refractivity contribution in [2.75, 3.05) is 0 Å². The molecule has 1 aromatic heterocycles. The highest BCUT2D eigenvalue weighted by Crippen LogP contribution is 2.13. The largest absolute Gasteiger partial charge is 0.352 e. The number of rotatable bonds is 5. The van der Waals surface area contributed by atoms with Gasteiger partial charge < -0.3 is 11.1 Å². The molecular weight excluding hydrogens is 256 g/mol. The van der Waals surface area contributed by atoms with Crippen LogP contribution in [0.4, 0.5) is 0 Å². The SMILES string of the molecule is C[C@@H](Cc1cccs1)NC(=O)[C@@H](N)c1ccccc1. The standard InChI is InChI=1S/C15H18N2OS/c1-11(10-13-8-5-9-19-13)17-15(18)14(16)12-6-3-2-4-7-12/h2-9,11,14H,10,16H2,1H3,(H,17,18)/t11-,14-/m0/s1. The lowest BCUT2D eigenvalue weighted by atomic mass is 10.1. The van der Waals surface area contributed by atoms with Gasteiger partial charge in [0.25, 0.3) is 0 Å². The minimum Gasteiger partial charge on any atom is -0.352 e. The highest BCUT2D eigenvalue weighted by molar-refractivity contribution is 7.09. The van der Waals surface area contributed by atoms with E-state index in [2.05, 4.69) is 11.4 Å². The second-order valence-electron chi connectivity index (χ2n) is 4.58. The van der Waals surface area contributed by atoms with Crippen molar-refractivity contribution in [3.05, 3.63) is 58.3 Å². The fraction of sp³-hybridized carbons (Fsp3) is 0.267. The Morgan fingerprint density at radius 3 is 2.63 bits per heavy atom. The van der Waals surface area contributed by atoms with E-state index >= 15 is 0 Å². The average molecular weight is 274 g/mol. The monoisotopic (exact) mass is 274 g/mol. The minimum atomic E-state index is -0.605. The number of nitrogens with one attached hydrogen (secondary N) is 1. The smallest absolute Gasteiger partial charge is 0.241 e. The van der Waals surface area contributed by atoms with E-state index in [9.17, 15) is 4.79 Å². The molecule has 1 aromatic carbocycles. The van der Waals surface area contributed by atoms with E-state index in [1.807, 2.05) is 48.7 Å². The first-order chi connectivity index (χ1) is 9.16. The van der Waals surface area contributed by atoms with Crippen molar-refractivity contribution in [2.24, 2.45) is 5.73 Å². The minimum absolute atomic E-state index is 0.0842. The molecule has 2 atom stereocenters. The highest BCUT2D eigenvalue weighted by atomic mass is 32.1. The molecule has 2 aromatic rings. The van der Waals surface area contributed by atoms with Crippen LogP contribution in [0.5, 0.6) is 0 Å². The number of amides is 1. The number of hydrogen-bond acceptors (Lipinski definition) is 3. The van der Waals surface area contributed by atoms with Gasteiger partial charge in [-0.3, -0.25) is 4.79 Å². The van der Waals surface area contributed by atoms with Crippen LogP contribution >= 0.6 is 11.3 Å². The molecule has 2 rings (SSSR count). The van der Waals surface area contributed by atoms with Gasteiger partial charge in [-0.1, -0.05) is 36.4 Å². The number of hydrogen-bond donors (Lipinski definition) is 2. The van der Waals surface area contributed by atoms with Crippen LogP contribution < -0.4 is 11.1 Å². The molecule has 0 saturated heterocycles. The third-order valence-corrected chi connectivity index (χ3v) is 3.82. The summed E-state index contributed by atoms with van der Waals surface area (Å²) in [5.74, 6) is -0.129. The highest BCUT2D eigenvalue weighted by Gasteiger charge is 2.17. The summed E-state index contributed by atoms with van der Waals surface area (Å²) < 4.78 is 0. The second kappa shape index (κ2) is 6.50. The van der Waals surface area contributed by atoms with Crippen LogP contribution in [-0.4, -0.2) is 11.9 Å². The number of benzene rings is 1. The molecule has 0 aliphatic carbocycles. The Bertz CT molecular complexity index is 510. The van der Waals surface area contributed by atoms with E-state index in [1.165, 1.54) is 4.88 Å². The molecule has 0 bridgehead atoms. The molecular formula is C15H18N2OS. The Morgan fingerprint density at radius 1 is 1.26 bits per heavy atom. The first-order valence-corrected chi connectivity index (χ1v) is 7.18. The summed E-state index contributed by atoms with van der Waals surface area (Å²) >= 11 is 1.70. The lowest BCUT2D eigenvalue weighted by Gasteiger charge is -2.17. The van der Waals surface area contributed by atoms with Crippen molar-refractivity contribution >= 4 is 17.2 Å². The normalized spacial score (nSPS) is 13.8. The second-order valence-corrected chi connectivity index (χ2v) is 5.61. The summed E-state index contributed by atoms with van der Waals surface area (Å²) in [4.78, 5) is 13.3. The molecule has 0 aliphatic heterocycles. The molecule has 19 heavy (non-hydrogen) atoms. The number of carbonyl (C=O) groups is 1. The number of carbonyl (C=O) groups excluding carboxylic acids is 1. The van der Waals surface area contributed by atoms with Crippen molar-refractivity contribution in [1.29, 1.82) is 0 Å². The van der Waals surface area contributed by atoms with Crippen LogP contribution in [0.25, 0.3) is 0 Å². The van der Waals surface area contributed by atoms with Crippen LogP contribution in [0.2, 0.25) is 0 Å². The van der Waals surface area contributed by atoms with Gasteiger partial charge in [0.05, 0.1) is 0 Å². The maximum atomic E-state index is 12.0. The van der Waals surface area contributed by atoms with Gasteiger partial charge in [-0.05, 0) is 23.9 Å². The van der Waals surface area contributed by atoms with E-state index < -0.39 is 6.04 Å². The van der Waals surface area contributed by atoms with E-state index in [0.29, 0.717) is 0 Å². The van der Waals surface area contributed by atoms with Crippen molar-refractivity contribution in [2.45, 2.75) is 25.4 Å². The van der Waals surface area contributed by atoms with Crippen molar-refractivity contribution in [3.63, 3.8) is 0 Å². The Kier molecular flexibility index (Phi) is 4.71. The number of thiophene rings is 1. The van der Waals surface area contributed by atoms with E-state index in [0.717, 1.165) is 12.0 Å². The molecule has 0 unspecified atom stereocenters. The Labute approximate surface area is 117 Å². The van der Waals surface area contributed by atoms with Crippen LogP contribution in [0.1, 0.15) is 23.4 Å². The molecule has 0 saturated carbocycles. The number of nitrogens with two attached hydrogens (primary N) is 1. The summed E-state index contributed by atoms with van der Waals surface area (Å²) in [5, 5.41) is 5.00. The van der Waals surface area contributed by atoms with Crippen molar-refractivity contribution < 1.29 is 4.79 Å². The molecule has 3 nitrogen and oxygen atoms in total. The van der Waals surface area contributed by atoms with Gasteiger partial charge in [-0.2, -0.15) is 0 Å². The van der Waals surface area contributed by atoms with Crippen LogP contribution in [0.15, 0.2) is 47.8 Å². The van der Waals surface area contributed by atoms with E-state index in [1.54, 1.807) is 11.3 Å². The quantitative estimate of drug-likeness (QED) is 0.880. The van der Waals surface area contributed by atoms with Crippen molar-refractivity contribution in [1.82, 2.24) is 5.32 Å². The Balaban J connectivity index is 1.90. The van der Waals surface area contributed by atoms with E-state index in [4.69, 9.17) is 5.73 Å². The molecule has 4 heteroatoms. The summed E-state index contributed by atoms with van der Waals surface area (Å²) in [6, 6.07) is 13.0. The van der Waals surface area contributed by atoms with Gasteiger partial charge in [0.15, 0.2) is 0 Å². The zero-order valence-electron chi connectivity index (χ0n) is 10.9. The lowest BCUT2D eigenvalue weighted by molar-refractivity contribution is -0.123. The molecule has 1 amide bonds. The zero-order valence-corrected chi connectivity index (χ0v) is 11.7.